The van der Waals surface area contributed by atoms with Gasteiger partial charge in [0, 0.05) is 18.7 Å². The highest BCUT2D eigenvalue weighted by Gasteiger charge is 2.26. The summed E-state index contributed by atoms with van der Waals surface area (Å²) < 4.78 is 7.63. The number of amides is 1. The van der Waals surface area contributed by atoms with Crippen LogP contribution in [0, 0.1) is 0 Å². The molecule has 2 aromatic heterocycles. The van der Waals surface area contributed by atoms with E-state index in [1.807, 2.05) is 12.1 Å². The fourth-order valence-electron chi connectivity index (χ4n) is 4.14. The van der Waals surface area contributed by atoms with Crippen LogP contribution in [0.1, 0.15) is 63.8 Å². The molecule has 1 fully saturated rings. The number of nitrogens with zero attached hydrogens (tertiary/aromatic N) is 4. The lowest BCUT2D eigenvalue weighted by Gasteiger charge is -2.20. The zero-order valence-electron chi connectivity index (χ0n) is 19.4. The Hall–Kier alpha value is -2.54. The summed E-state index contributed by atoms with van der Waals surface area (Å²) in [5, 5.41) is 9.89. The van der Waals surface area contributed by atoms with Crippen LogP contribution in [0.2, 0.25) is 0 Å². The molecule has 170 valence electrons. The van der Waals surface area contributed by atoms with Crippen molar-refractivity contribution in [2.45, 2.75) is 69.6 Å². The van der Waals surface area contributed by atoms with Gasteiger partial charge in [0.15, 0.2) is 11.0 Å². The molecule has 2 heterocycles. The fraction of sp³-hybridized carbons (Fsp3) is 0.480. The molecule has 0 spiro atoms. The van der Waals surface area contributed by atoms with Gasteiger partial charge in [0.05, 0.1) is 18.6 Å². The lowest BCUT2D eigenvalue weighted by Crippen LogP contribution is -2.27. The zero-order chi connectivity index (χ0) is 22.7. The Labute approximate surface area is 194 Å². The van der Waals surface area contributed by atoms with Gasteiger partial charge in [0.25, 0.3) is 0 Å². The Morgan fingerprint density at radius 1 is 1.16 bits per heavy atom. The summed E-state index contributed by atoms with van der Waals surface area (Å²) in [5.74, 6) is 2.05. The number of thioether (sulfide) groups is 1. The molecule has 1 amide bonds. The topological polar surface area (TPSA) is 64.2 Å². The van der Waals surface area contributed by atoms with Crippen molar-refractivity contribution in [2.24, 2.45) is 0 Å². The molecule has 32 heavy (non-hydrogen) atoms. The highest BCUT2D eigenvalue weighted by atomic mass is 32.2. The Morgan fingerprint density at radius 3 is 2.50 bits per heavy atom. The van der Waals surface area contributed by atoms with Crippen molar-refractivity contribution in [1.82, 2.24) is 19.7 Å². The van der Waals surface area contributed by atoms with E-state index in [1.54, 1.807) is 18.2 Å². The third-order valence-corrected chi connectivity index (χ3v) is 7.01. The van der Waals surface area contributed by atoms with Gasteiger partial charge >= 0.3 is 0 Å². The molecule has 0 atom stereocenters. The normalized spacial score (nSPS) is 14.8. The molecular formula is C25H32N4O2S. The van der Waals surface area contributed by atoms with Crippen LogP contribution in [0.25, 0.3) is 11.4 Å². The van der Waals surface area contributed by atoms with Crippen LogP contribution in [0.3, 0.4) is 0 Å². The molecule has 1 saturated carbocycles. The van der Waals surface area contributed by atoms with Gasteiger partial charge in [-0.15, -0.1) is 10.2 Å². The number of hydrogen-bond acceptors (Lipinski definition) is 5. The average molecular weight is 453 g/mol. The summed E-state index contributed by atoms with van der Waals surface area (Å²) in [5.41, 5.74) is 2.49. The minimum absolute atomic E-state index is 0.0449. The van der Waals surface area contributed by atoms with Gasteiger partial charge < -0.3 is 9.32 Å². The van der Waals surface area contributed by atoms with Crippen LogP contribution in [0.5, 0.6) is 0 Å². The lowest BCUT2D eigenvalue weighted by molar-refractivity contribution is -0.127. The second-order valence-electron chi connectivity index (χ2n) is 9.56. The Balaban J connectivity index is 1.52. The zero-order valence-corrected chi connectivity index (χ0v) is 20.2. The third kappa shape index (κ3) is 5.09. The first kappa shape index (κ1) is 22.6. The minimum atomic E-state index is 0.0449. The van der Waals surface area contributed by atoms with E-state index in [0.717, 1.165) is 35.1 Å². The van der Waals surface area contributed by atoms with Crippen molar-refractivity contribution in [3.63, 3.8) is 0 Å². The van der Waals surface area contributed by atoms with Crippen molar-refractivity contribution < 1.29 is 9.21 Å². The molecule has 4 rings (SSSR count). The maximum atomic E-state index is 12.7. The van der Waals surface area contributed by atoms with E-state index < -0.39 is 0 Å². The quantitative estimate of drug-likeness (QED) is 0.430. The smallest absolute Gasteiger partial charge is 0.233 e. The molecule has 0 saturated heterocycles. The van der Waals surface area contributed by atoms with Crippen LogP contribution in [0.15, 0.2) is 52.2 Å². The summed E-state index contributed by atoms with van der Waals surface area (Å²) in [6, 6.07) is 12.8. The number of benzene rings is 1. The van der Waals surface area contributed by atoms with E-state index in [0.29, 0.717) is 18.3 Å². The van der Waals surface area contributed by atoms with Crippen LogP contribution in [-0.2, 0) is 16.8 Å². The predicted octanol–water partition coefficient (Wildman–Crippen LogP) is 5.70. The Kier molecular flexibility index (Phi) is 6.74. The first-order chi connectivity index (χ1) is 15.3. The first-order valence-electron chi connectivity index (χ1n) is 11.3. The summed E-state index contributed by atoms with van der Waals surface area (Å²) in [6.07, 6.45) is 6.33. The number of furan rings is 1. The average Bonchev–Trinajstić information content (AvgIpc) is 3.52. The Morgan fingerprint density at radius 2 is 1.88 bits per heavy atom. The van der Waals surface area contributed by atoms with Crippen molar-refractivity contribution in [3.8, 4) is 11.4 Å². The van der Waals surface area contributed by atoms with E-state index in [2.05, 4.69) is 59.8 Å². The van der Waals surface area contributed by atoms with Gasteiger partial charge in [-0.2, -0.15) is 0 Å². The Bertz CT molecular complexity index is 1030. The van der Waals surface area contributed by atoms with Crippen molar-refractivity contribution >= 4 is 17.7 Å². The maximum Gasteiger partial charge on any atom is 0.233 e. The van der Waals surface area contributed by atoms with Crippen LogP contribution in [0.4, 0.5) is 0 Å². The van der Waals surface area contributed by atoms with Crippen molar-refractivity contribution in [3.05, 3.63) is 54.0 Å². The van der Waals surface area contributed by atoms with Gasteiger partial charge in [-0.3, -0.25) is 9.36 Å². The monoisotopic (exact) mass is 452 g/mol. The van der Waals surface area contributed by atoms with Crippen molar-refractivity contribution in [1.29, 1.82) is 0 Å². The second kappa shape index (κ2) is 9.53. The highest BCUT2D eigenvalue weighted by molar-refractivity contribution is 7.99. The number of carbonyl (C=O) groups is 1. The number of carbonyl (C=O) groups excluding carboxylic acids is 1. The summed E-state index contributed by atoms with van der Waals surface area (Å²) >= 11 is 1.47. The van der Waals surface area contributed by atoms with E-state index in [4.69, 9.17) is 4.42 Å². The van der Waals surface area contributed by atoms with E-state index >= 15 is 0 Å². The SMILES string of the molecule is CN(Cc1ccco1)C(=O)CSc1nnc(-c2ccc(C(C)(C)C)cc2)n1C1CCCC1. The molecule has 0 bridgehead atoms. The summed E-state index contributed by atoms with van der Waals surface area (Å²) in [7, 11) is 1.80. The van der Waals surface area contributed by atoms with Gasteiger partial charge in [0.1, 0.15) is 5.76 Å². The number of rotatable bonds is 7. The molecule has 6 nitrogen and oxygen atoms in total. The number of aromatic nitrogens is 3. The van der Waals surface area contributed by atoms with Crippen LogP contribution in [-0.4, -0.2) is 38.4 Å². The predicted molar refractivity (Wildman–Crippen MR) is 128 cm³/mol. The molecule has 0 N–H and O–H groups in total. The minimum Gasteiger partial charge on any atom is -0.467 e. The van der Waals surface area contributed by atoms with Crippen LogP contribution < -0.4 is 0 Å². The lowest BCUT2D eigenvalue weighted by atomic mass is 9.86. The van der Waals surface area contributed by atoms with E-state index in [9.17, 15) is 4.79 Å². The van der Waals surface area contributed by atoms with E-state index in [-0.39, 0.29) is 11.3 Å². The molecule has 0 aliphatic heterocycles. The van der Waals surface area contributed by atoms with Crippen molar-refractivity contribution in [2.75, 3.05) is 12.8 Å². The first-order valence-corrected chi connectivity index (χ1v) is 12.3. The molecule has 1 aliphatic rings. The van der Waals surface area contributed by atoms with Crippen LogP contribution >= 0.6 is 11.8 Å². The molecule has 0 unspecified atom stereocenters. The summed E-state index contributed by atoms with van der Waals surface area (Å²) in [6.45, 7) is 7.13. The van der Waals surface area contributed by atoms with Gasteiger partial charge in [-0.25, -0.2) is 0 Å². The largest absolute Gasteiger partial charge is 0.467 e. The third-order valence-electron chi connectivity index (χ3n) is 6.09. The summed E-state index contributed by atoms with van der Waals surface area (Å²) in [4.78, 5) is 14.4. The fourth-order valence-corrected chi connectivity index (χ4v) is 5.09. The molecule has 1 aromatic carbocycles. The maximum absolute atomic E-state index is 12.7. The number of hydrogen-bond donors (Lipinski definition) is 0. The van der Waals surface area contributed by atoms with Gasteiger partial charge in [-0.05, 0) is 36.0 Å². The molecular weight excluding hydrogens is 420 g/mol. The van der Waals surface area contributed by atoms with Gasteiger partial charge in [0.2, 0.25) is 5.91 Å². The molecule has 7 heteroatoms. The highest BCUT2D eigenvalue weighted by Crippen LogP contribution is 2.37. The molecule has 3 aromatic rings. The van der Waals surface area contributed by atoms with E-state index in [1.165, 1.54) is 30.2 Å². The molecule has 1 aliphatic carbocycles. The van der Waals surface area contributed by atoms with Gasteiger partial charge in [-0.1, -0.05) is 69.6 Å². The standard InChI is InChI=1S/C25H32N4O2S/c1-25(2,3)19-13-11-18(12-14-19)23-26-27-24(29(23)20-8-5-6-9-20)32-17-22(30)28(4)16-21-10-7-15-31-21/h7,10-15,20H,5-6,8-9,16-17H2,1-4H3. The second-order valence-corrected chi connectivity index (χ2v) is 10.5. The molecule has 0 radical (unpaired) electrons.